The normalized spacial score (nSPS) is 17.9. The molecule has 0 aliphatic heterocycles. The van der Waals surface area contributed by atoms with Crippen molar-refractivity contribution in [2.45, 2.75) is 77.3 Å². The maximum atomic E-state index is 15.4. The Morgan fingerprint density at radius 3 is 2.18 bits per heavy atom. The molecule has 0 amide bonds. The van der Waals surface area contributed by atoms with Crippen LogP contribution in [0, 0.1) is 29.5 Å². The zero-order valence-electron chi connectivity index (χ0n) is 21.7. The molecule has 38 heavy (non-hydrogen) atoms. The van der Waals surface area contributed by atoms with E-state index in [0.29, 0.717) is 17.0 Å². The first kappa shape index (κ1) is 28.1. The van der Waals surface area contributed by atoms with E-state index in [1.165, 1.54) is 50.7 Å². The fraction of sp³-hybridized carbons (Fsp3) is 0.438. The second kappa shape index (κ2) is 12.8. The Morgan fingerprint density at radius 2 is 1.53 bits per heavy atom. The van der Waals surface area contributed by atoms with E-state index in [-0.39, 0.29) is 23.5 Å². The number of alkyl halides is 3. The molecular formula is C32H34F5O. The molecule has 1 aliphatic carbocycles. The van der Waals surface area contributed by atoms with Crippen LogP contribution in [0.1, 0.15) is 75.8 Å². The SMILES string of the molecule is CCCCC[C@H]1CC[C@H](CCc2c(F)c[c]c(Oc3ccccc3-c3ccc(C(F)(F)F)cc3)c2F)CC1. The van der Waals surface area contributed by atoms with Gasteiger partial charge in [-0.05, 0) is 54.5 Å². The van der Waals surface area contributed by atoms with Crippen molar-refractivity contribution in [3.05, 3.63) is 83.4 Å². The van der Waals surface area contributed by atoms with Crippen molar-refractivity contribution < 1.29 is 26.7 Å². The average molecular weight is 530 g/mol. The molecule has 0 bridgehead atoms. The molecule has 1 saturated carbocycles. The smallest absolute Gasteiger partial charge is 0.416 e. The van der Waals surface area contributed by atoms with Crippen molar-refractivity contribution in [1.29, 1.82) is 0 Å². The molecule has 1 aliphatic rings. The molecule has 4 rings (SSSR count). The van der Waals surface area contributed by atoms with Crippen LogP contribution >= 0.6 is 0 Å². The lowest BCUT2D eigenvalue weighted by atomic mass is 9.77. The maximum Gasteiger partial charge on any atom is 0.416 e. The molecular weight excluding hydrogens is 495 g/mol. The Bertz CT molecular complexity index is 1180. The van der Waals surface area contributed by atoms with E-state index in [9.17, 15) is 17.6 Å². The van der Waals surface area contributed by atoms with E-state index in [2.05, 4.69) is 13.0 Å². The quantitative estimate of drug-likeness (QED) is 0.187. The Kier molecular flexibility index (Phi) is 9.45. The van der Waals surface area contributed by atoms with Crippen molar-refractivity contribution in [1.82, 2.24) is 0 Å². The van der Waals surface area contributed by atoms with Crippen LogP contribution in [0.2, 0.25) is 0 Å². The number of ether oxygens (including phenoxy) is 1. The predicted octanol–water partition coefficient (Wildman–Crippen LogP) is 10.6. The molecule has 3 aromatic rings. The maximum absolute atomic E-state index is 15.4. The van der Waals surface area contributed by atoms with Gasteiger partial charge >= 0.3 is 6.18 Å². The topological polar surface area (TPSA) is 9.23 Å². The summed E-state index contributed by atoms with van der Waals surface area (Å²) in [5, 5.41) is 0. The van der Waals surface area contributed by atoms with Crippen LogP contribution in [0.4, 0.5) is 22.0 Å². The Balaban J connectivity index is 1.44. The first-order valence-corrected chi connectivity index (χ1v) is 13.6. The van der Waals surface area contributed by atoms with Gasteiger partial charge in [-0.15, -0.1) is 0 Å². The summed E-state index contributed by atoms with van der Waals surface area (Å²) in [4.78, 5) is 0. The molecule has 0 spiro atoms. The summed E-state index contributed by atoms with van der Waals surface area (Å²) >= 11 is 0. The van der Waals surface area contributed by atoms with Gasteiger partial charge in [-0.3, -0.25) is 0 Å². The number of halogens is 5. The molecule has 0 unspecified atom stereocenters. The molecule has 0 heterocycles. The van der Waals surface area contributed by atoms with Gasteiger partial charge < -0.3 is 4.74 Å². The zero-order chi connectivity index (χ0) is 27.1. The molecule has 1 radical (unpaired) electrons. The fourth-order valence-electron chi connectivity index (χ4n) is 5.41. The van der Waals surface area contributed by atoms with Gasteiger partial charge in [0.25, 0.3) is 0 Å². The second-order valence-electron chi connectivity index (χ2n) is 10.4. The Labute approximate surface area is 222 Å². The minimum atomic E-state index is -4.44. The highest BCUT2D eigenvalue weighted by atomic mass is 19.4. The van der Waals surface area contributed by atoms with Gasteiger partial charge in [0.05, 0.1) is 5.56 Å². The van der Waals surface area contributed by atoms with Crippen LogP contribution in [0.5, 0.6) is 11.5 Å². The van der Waals surface area contributed by atoms with Gasteiger partial charge in [-0.2, -0.15) is 13.2 Å². The van der Waals surface area contributed by atoms with E-state index >= 15 is 4.39 Å². The third kappa shape index (κ3) is 7.15. The number of rotatable bonds is 10. The largest absolute Gasteiger partial charge is 0.453 e. The van der Waals surface area contributed by atoms with Gasteiger partial charge in [0.15, 0.2) is 11.6 Å². The Morgan fingerprint density at radius 1 is 0.868 bits per heavy atom. The van der Waals surface area contributed by atoms with Crippen molar-refractivity contribution in [3.63, 3.8) is 0 Å². The molecule has 0 saturated heterocycles. The number of hydrogen-bond donors (Lipinski definition) is 0. The molecule has 0 aromatic heterocycles. The van der Waals surface area contributed by atoms with Crippen LogP contribution in [0.3, 0.4) is 0 Å². The number of para-hydroxylation sites is 1. The van der Waals surface area contributed by atoms with Crippen LogP contribution in [0.15, 0.2) is 54.6 Å². The van der Waals surface area contributed by atoms with Crippen molar-refractivity contribution in [3.8, 4) is 22.6 Å². The first-order valence-electron chi connectivity index (χ1n) is 13.6. The highest BCUT2D eigenvalue weighted by molar-refractivity contribution is 5.71. The Hall–Kier alpha value is -2.89. The molecule has 6 heteroatoms. The van der Waals surface area contributed by atoms with E-state index in [0.717, 1.165) is 43.4 Å². The van der Waals surface area contributed by atoms with Gasteiger partial charge in [0.2, 0.25) is 0 Å². The van der Waals surface area contributed by atoms with Gasteiger partial charge in [0.1, 0.15) is 11.6 Å². The highest BCUT2D eigenvalue weighted by Gasteiger charge is 2.30. The molecule has 0 N–H and O–H groups in total. The zero-order valence-corrected chi connectivity index (χ0v) is 21.7. The van der Waals surface area contributed by atoms with Crippen molar-refractivity contribution in [2.75, 3.05) is 0 Å². The molecule has 1 fully saturated rings. The summed E-state index contributed by atoms with van der Waals surface area (Å²) in [5.74, 6) is -0.145. The standard InChI is InChI=1S/C32H34F5O/c1-2-3-4-7-22-10-12-23(13-11-22)14-19-27-28(33)20-21-30(31(27)34)38-29-9-6-5-8-26(29)24-15-17-25(18-16-24)32(35,36)37/h5-6,8-9,15-18,20,22-23H,2-4,7,10-14,19H2,1H3/t22-,23-. The number of hydrogen-bond acceptors (Lipinski definition) is 1. The van der Waals surface area contributed by atoms with Crippen LogP contribution in [-0.2, 0) is 12.6 Å². The molecule has 1 nitrogen and oxygen atoms in total. The van der Waals surface area contributed by atoms with Gasteiger partial charge in [-0.1, -0.05) is 88.6 Å². The van der Waals surface area contributed by atoms with E-state index < -0.39 is 23.4 Å². The molecule has 203 valence electrons. The molecule has 0 atom stereocenters. The summed E-state index contributed by atoms with van der Waals surface area (Å²) in [7, 11) is 0. The van der Waals surface area contributed by atoms with E-state index in [1.807, 2.05) is 0 Å². The van der Waals surface area contributed by atoms with Crippen LogP contribution in [0.25, 0.3) is 11.1 Å². The van der Waals surface area contributed by atoms with Crippen molar-refractivity contribution in [2.24, 2.45) is 11.8 Å². The lowest BCUT2D eigenvalue weighted by molar-refractivity contribution is -0.137. The minimum absolute atomic E-state index is 0.00386. The van der Waals surface area contributed by atoms with E-state index in [1.54, 1.807) is 24.3 Å². The predicted molar refractivity (Wildman–Crippen MR) is 140 cm³/mol. The average Bonchev–Trinajstić information content (AvgIpc) is 2.91. The fourth-order valence-corrected chi connectivity index (χ4v) is 5.41. The number of benzene rings is 3. The second-order valence-corrected chi connectivity index (χ2v) is 10.4. The third-order valence-corrected chi connectivity index (χ3v) is 7.69. The summed E-state index contributed by atoms with van der Waals surface area (Å²) in [6.45, 7) is 2.21. The lowest BCUT2D eigenvalue weighted by Crippen LogP contribution is -2.15. The molecule has 3 aromatic carbocycles. The summed E-state index contributed by atoms with van der Waals surface area (Å²) in [6.07, 6.45) is 6.23. The van der Waals surface area contributed by atoms with Gasteiger partial charge in [0, 0.05) is 17.2 Å². The first-order chi connectivity index (χ1) is 18.3. The van der Waals surface area contributed by atoms with Crippen LogP contribution < -0.4 is 4.74 Å². The van der Waals surface area contributed by atoms with Crippen LogP contribution in [-0.4, -0.2) is 0 Å². The van der Waals surface area contributed by atoms with Crippen molar-refractivity contribution >= 4 is 0 Å². The monoisotopic (exact) mass is 529 g/mol. The minimum Gasteiger partial charge on any atom is -0.453 e. The summed E-state index contributed by atoms with van der Waals surface area (Å²) in [5.41, 5.74) is 0.222. The van der Waals surface area contributed by atoms with Gasteiger partial charge in [-0.25, -0.2) is 8.78 Å². The summed E-state index contributed by atoms with van der Waals surface area (Å²) in [6, 6.07) is 15.0. The third-order valence-electron chi connectivity index (χ3n) is 7.69. The summed E-state index contributed by atoms with van der Waals surface area (Å²) < 4.78 is 74.7. The lowest BCUT2D eigenvalue weighted by Gasteiger charge is -2.28. The van der Waals surface area contributed by atoms with E-state index in [4.69, 9.17) is 4.74 Å². The number of unbranched alkanes of at least 4 members (excludes halogenated alkanes) is 2. The highest BCUT2D eigenvalue weighted by Crippen LogP contribution is 2.38.